The standard InChI is InChI=1S/C21H21N5O4/c1-12(19-24-17(21(28)29)18(30-4)20(27)25(19)2)16(15-9-10-23-26(15)3)14-8-6-5-7-13(14)11-22/h5-10,12,16H,1-4H3,(H,28,29). The summed E-state index contributed by atoms with van der Waals surface area (Å²) in [4.78, 5) is 28.7. The molecule has 2 unspecified atom stereocenters. The highest BCUT2D eigenvalue weighted by atomic mass is 16.5. The van der Waals surface area contributed by atoms with Gasteiger partial charge in [-0.05, 0) is 17.7 Å². The first-order valence-electron chi connectivity index (χ1n) is 9.16. The summed E-state index contributed by atoms with van der Waals surface area (Å²) in [7, 11) is 4.54. The maximum Gasteiger partial charge on any atom is 0.358 e. The van der Waals surface area contributed by atoms with E-state index in [2.05, 4.69) is 16.2 Å². The second-order valence-corrected chi connectivity index (χ2v) is 6.87. The lowest BCUT2D eigenvalue weighted by atomic mass is 9.81. The number of nitrogens with zero attached hydrogens (tertiary/aromatic N) is 5. The molecule has 0 radical (unpaired) electrons. The molecule has 1 N–H and O–H groups in total. The Morgan fingerprint density at radius 3 is 2.53 bits per heavy atom. The molecular formula is C21H21N5O4. The van der Waals surface area contributed by atoms with Crippen LogP contribution in [0.3, 0.4) is 0 Å². The summed E-state index contributed by atoms with van der Waals surface area (Å²) < 4.78 is 7.97. The Labute approximate surface area is 172 Å². The molecule has 0 aliphatic heterocycles. The lowest BCUT2D eigenvalue weighted by Gasteiger charge is -2.27. The predicted octanol–water partition coefficient (Wildman–Crippen LogP) is 2.03. The number of ether oxygens (including phenoxy) is 1. The van der Waals surface area contributed by atoms with Gasteiger partial charge in [-0.1, -0.05) is 25.1 Å². The maximum atomic E-state index is 12.8. The minimum absolute atomic E-state index is 0.261. The molecule has 0 fully saturated rings. The fourth-order valence-electron chi connectivity index (χ4n) is 3.73. The quantitative estimate of drug-likeness (QED) is 0.663. The Morgan fingerprint density at radius 2 is 1.97 bits per heavy atom. The summed E-state index contributed by atoms with van der Waals surface area (Å²) in [5.41, 5.74) is 0.974. The first kappa shape index (κ1) is 20.8. The van der Waals surface area contributed by atoms with Gasteiger partial charge < -0.3 is 9.84 Å². The van der Waals surface area contributed by atoms with Crippen LogP contribution in [0.1, 0.15) is 51.9 Å². The smallest absolute Gasteiger partial charge is 0.358 e. The van der Waals surface area contributed by atoms with Crippen LogP contribution >= 0.6 is 0 Å². The number of hydrogen-bond acceptors (Lipinski definition) is 6. The summed E-state index contributed by atoms with van der Waals surface area (Å²) in [5, 5.41) is 23.4. The number of aryl methyl sites for hydroxylation is 1. The van der Waals surface area contributed by atoms with E-state index >= 15 is 0 Å². The summed E-state index contributed by atoms with van der Waals surface area (Å²) in [5.74, 6) is -2.28. The van der Waals surface area contributed by atoms with Crippen molar-refractivity contribution in [1.29, 1.82) is 5.26 Å². The van der Waals surface area contributed by atoms with Crippen LogP contribution in [0.5, 0.6) is 5.75 Å². The van der Waals surface area contributed by atoms with Crippen molar-refractivity contribution in [2.24, 2.45) is 14.1 Å². The summed E-state index contributed by atoms with van der Waals surface area (Å²) in [6, 6.07) is 11.2. The average Bonchev–Trinajstić information content (AvgIpc) is 3.15. The molecule has 0 bridgehead atoms. The van der Waals surface area contributed by atoms with E-state index in [4.69, 9.17) is 4.74 Å². The van der Waals surface area contributed by atoms with Crippen molar-refractivity contribution >= 4 is 5.97 Å². The first-order valence-corrected chi connectivity index (χ1v) is 9.16. The van der Waals surface area contributed by atoms with Crippen molar-refractivity contribution in [3.63, 3.8) is 0 Å². The second-order valence-electron chi connectivity index (χ2n) is 6.87. The van der Waals surface area contributed by atoms with Crippen LogP contribution in [-0.2, 0) is 14.1 Å². The molecule has 0 amide bonds. The number of hydrogen-bond donors (Lipinski definition) is 1. The monoisotopic (exact) mass is 407 g/mol. The van der Waals surface area contributed by atoms with Crippen LogP contribution in [-0.4, -0.2) is 37.5 Å². The van der Waals surface area contributed by atoms with Crippen LogP contribution in [0.25, 0.3) is 0 Å². The molecule has 2 aromatic heterocycles. The molecule has 0 saturated carbocycles. The van der Waals surface area contributed by atoms with Crippen molar-refractivity contribution < 1.29 is 14.6 Å². The number of nitriles is 1. The molecular weight excluding hydrogens is 386 g/mol. The highest BCUT2D eigenvalue weighted by Crippen LogP contribution is 2.38. The van der Waals surface area contributed by atoms with Crippen LogP contribution in [0.15, 0.2) is 41.3 Å². The average molecular weight is 407 g/mol. The van der Waals surface area contributed by atoms with Gasteiger partial charge in [0.1, 0.15) is 5.82 Å². The Balaban J connectivity index is 2.29. The highest BCUT2D eigenvalue weighted by Gasteiger charge is 2.32. The van der Waals surface area contributed by atoms with Crippen LogP contribution in [0.4, 0.5) is 0 Å². The Bertz CT molecular complexity index is 1200. The summed E-state index contributed by atoms with van der Waals surface area (Å²) in [6.07, 6.45) is 1.65. The number of aromatic nitrogens is 4. The van der Waals surface area contributed by atoms with Gasteiger partial charge in [0.05, 0.1) is 18.7 Å². The molecule has 9 nitrogen and oxygen atoms in total. The minimum Gasteiger partial charge on any atom is -0.489 e. The van der Waals surface area contributed by atoms with Crippen LogP contribution in [0.2, 0.25) is 0 Å². The number of carboxylic acid groups (broad SMARTS) is 1. The fraction of sp³-hybridized carbons (Fsp3) is 0.286. The Morgan fingerprint density at radius 1 is 1.27 bits per heavy atom. The first-order chi connectivity index (χ1) is 14.3. The number of carbonyl (C=O) groups is 1. The van der Waals surface area contributed by atoms with Gasteiger partial charge in [-0.25, -0.2) is 9.78 Å². The van der Waals surface area contributed by atoms with E-state index in [9.17, 15) is 20.0 Å². The lowest BCUT2D eigenvalue weighted by Crippen LogP contribution is -2.30. The van der Waals surface area contributed by atoms with E-state index < -0.39 is 29.1 Å². The number of benzene rings is 1. The van der Waals surface area contributed by atoms with E-state index in [-0.39, 0.29) is 11.6 Å². The summed E-state index contributed by atoms with van der Waals surface area (Å²) >= 11 is 0. The van der Waals surface area contributed by atoms with Crippen molar-refractivity contribution in [3.05, 3.63) is 75.2 Å². The van der Waals surface area contributed by atoms with Gasteiger partial charge in [-0.3, -0.25) is 14.0 Å². The van der Waals surface area contributed by atoms with Crippen LogP contribution < -0.4 is 10.3 Å². The van der Waals surface area contributed by atoms with E-state index in [1.807, 2.05) is 25.1 Å². The van der Waals surface area contributed by atoms with E-state index in [1.54, 1.807) is 30.1 Å². The third kappa shape index (κ3) is 3.43. The van der Waals surface area contributed by atoms with Gasteiger partial charge in [-0.2, -0.15) is 10.4 Å². The zero-order valence-electron chi connectivity index (χ0n) is 17.0. The molecule has 1 aromatic carbocycles. The van der Waals surface area contributed by atoms with Gasteiger partial charge >= 0.3 is 5.97 Å². The van der Waals surface area contributed by atoms with Crippen LogP contribution in [0, 0.1) is 11.3 Å². The van der Waals surface area contributed by atoms with Crippen molar-refractivity contribution in [3.8, 4) is 11.8 Å². The Kier molecular flexibility index (Phi) is 5.69. The minimum atomic E-state index is -1.35. The molecule has 2 heterocycles. The lowest BCUT2D eigenvalue weighted by molar-refractivity contribution is 0.0685. The molecule has 0 saturated heterocycles. The largest absolute Gasteiger partial charge is 0.489 e. The van der Waals surface area contributed by atoms with E-state index in [0.29, 0.717) is 5.56 Å². The van der Waals surface area contributed by atoms with Gasteiger partial charge in [-0.15, -0.1) is 0 Å². The number of aromatic carboxylic acids is 1. The zero-order valence-corrected chi connectivity index (χ0v) is 17.0. The molecule has 0 aliphatic rings. The predicted molar refractivity (Wildman–Crippen MR) is 108 cm³/mol. The van der Waals surface area contributed by atoms with E-state index in [1.165, 1.54) is 18.7 Å². The number of rotatable bonds is 6. The normalized spacial score (nSPS) is 12.8. The third-order valence-electron chi connectivity index (χ3n) is 5.19. The maximum absolute atomic E-state index is 12.8. The van der Waals surface area contributed by atoms with Gasteiger partial charge in [0.25, 0.3) is 5.56 Å². The molecule has 2 atom stereocenters. The van der Waals surface area contributed by atoms with Gasteiger partial charge in [0.15, 0.2) is 5.69 Å². The van der Waals surface area contributed by atoms with Crippen molar-refractivity contribution in [2.75, 3.05) is 7.11 Å². The molecule has 0 spiro atoms. The molecule has 3 rings (SSSR count). The molecule has 3 aromatic rings. The molecule has 154 valence electrons. The third-order valence-corrected chi connectivity index (χ3v) is 5.19. The number of methoxy groups -OCH3 is 1. The number of carboxylic acids is 1. The molecule has 30 heavy (non-hydrogen) atoms. The molecule has 9 heteroatoms. The Hall–Kier alpha value is -3.93. The second kappa shape index (κ2) is 8.21. The van der Waals surface area contributed by atoms with Gasteiger partial charge in [0.2, 0.25) is 5.75 Å². The van der Waals surface area contributed by atoms with E-state index in [0.717, 1.165) is 11.3 Å². The SMILES string of the molecule is COc1c(C(=O)O)nc(C(C)C(c2ccccc2C#N)c2ccnn2C)n(C)c1=O. The van der Waals surface area contributed by atoms with Crippen molar-refractivity contribution in [2.45, 2.75) is 18.8 Å². The highest BCUT2D eigenvalue weighted by molar-refractivity contribution is 5.88. The molecule has 0 aliphatic carbocycles. The topological polar surface area (TPSA) is 123 Å². The fourth-order valence-corrected chi connectivity index (χ4v) is 3.73. The van der Waals surface area contributed by atoms with Crippen molar-refractivity contribution in [1.82, 2.24) is 19.3 Å². The zero-order chi connectivity index (χ0) is 22.0. The van der Waals surface area contributed by atoms with Gasteiger partial charge in [0, 0.05) is 37.8 Å². The summed E-state index contributed by atoms with van der Waals surface area (Å²) in [6.45, 7) is 1.84.